The van der Waals surface area contributed by atoms with Crippen LogP contribution in [0.3, 0.4) is 0 Å². The third-order valence-corrected chi connectivity index (χ3v) is 8.19. The summed E-state index contributed by atoms with van der Waals surface area (Å²) in [6.07, 6.45) is 1.34. The van der Waals surface area contributed by atoms with Crippen LogP contribution in [0.5, 0.6) is 0 Å². The number of hydrogen-bond acceptors (Lipinski definition) is 8. The number of aryl methyl sites for hydroxylation is 1. The van der Waals surface area contributed by atoms with E-state index < -0.39 is 50.7 Å². The van der Waals surface area contributed by atoms with Gasteiger partial charge in [0, 0.05) is 16.7 Å². The van der Waals surface area contributed by atoms with E-state index >= 15 is 0 Å². The van der Waals surface area contributed by atoms with Crippen molar-refractivity contribution < 1.29 is 41.5 Å². The number of halogens is 1. The van der Waals surface area contributed by atoms with E-state index in [0.717, 1.165) is 18.7 Å². The molecule has 0 saturated heterocycles. The monoisotopic (exact) mass is 549 g/mol. The van der Waals surface area contributed by atoms with E-state index in [9.17, 15) is 32.0 Å². The highest BCUT2D eigenvalue weighted by molar-refractivity contribution is 7.90. The predicted molar refractivity (Wildman–Crippen MR) is 135 cm³/mol. The average molecular weight is 550 g/mol. The Labute approximate surface area is 222 Å². The molecule has 2 aliphatic carbocycles. The van der Waals surface area contributed by atoms with Gasteiger partial charge in [0.05, 0.1) is 17.6 Å². The topological polar surface area (TPSA) is 126 Å². The number of aromatic nitrogens is 1. The van der Waals surface area contributed by atoms with Crippen molar-refractivity contribution in [2.24, 2.45) is 0 Å². The fourth-order valence-electron chi connectivity index (χ4n) is 4.53. The summed E-state index contributed by atoms with van der Waals surface area (Å²) in [4.78, 5) is 51.9. The van der Waals surface area contributed by atoms with Crippen molar-refractivity contribution in [3.63, 3.8) is 0 Å². The first-order valence-electron chi connectivity index (χ1n) is 11.7. The van der Waals surface area contributed by atoms with Gasteiger partial charge < -0.3 is 9.47 Å². The van der Waals surface area contributed by atoms with Crippen LogP contribution in [0.25, 0.3) is 5.57 Å². The van der Waals surface area contributed by atoms with E-state index in [1.807, 2.05) is 0 Å². The second-order valence-corrected chi connectivity index (χ2v) is 10.7. The number of ketones is 2. The van der Waals surface area contributed by atoms with E-state index in [1.165, 1.54) is 42.5 Å². The summed E-state index contributed by atoms with van der Waals surface area (Å²) in [7, 11) is -3.51. The predicted octanol–water partition coefficient (Wildman–Crippen LogP) is 3.55. The van der Waals surface area contributed by atoms with E-state index in [-0.39, 0.29) is 40.2 Å². The molecule has 0 saturated carbocycles. The summed E-state index contributed by atoms with van der Waals surface area (Å²) in [5.74, 6) is -4.49. The smallest absolute Gasteiger partial charge is 0.355 e. The summed E-state index contributed by atoms with van der Waals surface area (Å²) in [6, 6.07) is 12.1. The van der Waals surface area contributed by atoms with Crippen LogP contribution in [0.4, 0.5) is 4.39 Å². The fraction of sp³-hybridized carbons (Fsp3) is 0.143. The Bertz CT molecular complexity index is 1740. The minimum Gasteiger partial charge on any atom is -0.464 e. The Morgan fingerprint density at radius 2 is 1.64 bits per heavy atom. The maximum absolute atomic E-state index is 13.7. The first kappa shape index (κ1) is 26.0. The first-order valence-corrected chi connectivity index (χ1v) is 13.1. The van der Waals surface area contributed by atoms with Gasteiger partial charge in [-0.25, -0.2) is 26.4 Å². The van der Waals surface area contributed by atoms with Crippen LogP contribution >= 0.6 is 0 Å². The van der Waals surface area contributed by atoms with Crippen molar-refractivity contribution in [2.45, 2.75) is 24.8 Å². The van der Waals surface area contributed by atoms with Crippen LogP contribution in [0.1, 0.15) is 44.1 Å². The van der Waals surface area contributed by atoms with Crippen molar-refractivity contribution in [2.75, 3.05) is 7.11 Å². The molecule has 0 atom stereocenters. The maximum Gasteiger partial charge on any atom is 0.355 e. The molecule has 9 nitrogen and oxygen atoms in total. The summed E-state index contributed by atoms with van der Waals surface area (Å²) >= 11 is 0. The van der Waals surface area contributed by atoms with Crippen LogP contribution < -0.4 is 0 Å². The molecule has 11 heteroatoms. The number of allylic oxidation sites excluding steroid dienone is 2. The van der Waals surface area contributed by atoms with Crippen molar-refractivity contribution in [1.29, 1.82) is 0 Å². The highest BCUT2D eigenvalue weighted by Gasteiger charge is 2.44. The second kappa shape index (κ2) is 9.59. The molecule has 0 N–H and O–H groups in total. The summed E-state index contributed by atoms with van der Waals surface area (Å²) < 4.78 is 51.2. The number of methoxy groups -OCH3 is 1. The van der Waals surface area contributed by atoms with Gasteiger partial charge in [-0.15, -0.1) is 0 Å². The number of carbonyl (C=O) groups excluding carboxylic acids is 4. The summed E-state index contributed by atoms with van der Waals surface area (Å²) in [5.41, 5.74) is 0.0739. The molecule has 0 fully saturated rings. The van der Waals surface area contributed by atoms with Crippen molar-refractivity contribution in [3.8, 4) is 0 Å². The fourth-order valence-corrected chi connectivity index (χ4v) is 6.03. The number of carbonyl (C=O) groups is 4. The Hall–Kier alpha value is -4.64. The number of fused-ring (bicyclic) bond motifs is 2. The molecule has 2 aliphatic rings. The van der Waals surface area contributed by atoms with Gasteiger partial charge >= 0.3 is 11.9 Å². The molecule has 5 rings (SSSR count). The lowest BCUT2D eigenvalue weighted by Gasteiger charge is -2.18. The third kappa shape index (κ3) is 4.30. The summed E-state index contributed by atoms with van der Waals surface area (Å²) in [5, 5.41) is 0. The number of nitrogens with zero attached hydrogens (tertiary/aromatic N) is 1. The SMILES string of the molecule is COC(=O)c1cc2c(n1S(=O)(=O)c1ccc(C)cc1)C(=O)C(=O)C1=C2C(C(=O)OCc2ccc(F)cc2)=CC1. The second-order valence-electron chi connectivity index (χ2n) is 8.90. The number of hydrogen-bond donors (Lipinski definition) is 0. The molecule has 0 spiro atoms. The summed E-state index contributed by atoms with van der Waals surface area (Å²) in [6.45, 7) is 1.56. The molecule has 198 valence electrons. The van der Waals surface area contributed by atoms with Gasteiger partial charge in [0.2, 0.25) is 5.78 Å². The number of rotatable bonds is 6. The van der Waals surface area contributed by atoms with E-state index in [1.54, 1.807) is 19.1 Å². The zero-order chi connectivity index (χ0) is 28.1. The molecule has 0 unspecified atom stereocenters. The Morgan fingerprint density at radius 3 is 2.28 bits per heavy atom. The van der Waals surface area contributed by atoms with Crippen molar-refractivity contribution in [1.82, 2.24) is 3.97 Å². The highest BCUT2D eigenvalue weighted by atomic mass is 32.2. The van der Waals surface area contributed by atoms with E-state index in [2.05, 4.69) is 0 Å². The number of Topliss-reactive ketones (excluding diaryl/α,β-unsaturated/α-hetero) is 2. The molecule has 1 heterocycles. The first-order chi connectivity index (χ1) is 18.5. The van der Waals surface area contributed by atoms with Crippen molar-refractivity contribution in [3.05, 3.63) is 106 Å². The van der Waals surface area contributed by atoms with Gasteiger partial charge in [-0.3, -0.25) is 9.59 Å². The van der Waals surface area contributed by atoms with Crippen molar-refractivity contribution >= 4 is 39.1 Å². The van der Waals surface area contributed by atoms with Gasteiger partial charge in [0.25, 0.3) is 15.8 Å². The highest BCUT2D eigenvalue weighted by Crippen LogP contribution is 2.43. The lowest BCUT2D eigenvalue weighted by molar-refractivity contribution is -0.139. The zero-order valence-electron chi connectivity index (χ0n) is 20.7. The molecule has 0 aliphatic heterocycles. The molecule has 39 heavy (non-hydrogen) atoms. The average Bonchev–Trinajstić information content (AvgIpc) is 3.54. The quantitative estimate of drug-likeness (QED) is 0.338. The number of benzene rings is 2. The number of ether oxygens (including phenoxy) is 2. The minimum atomic E-state index is -4.56. The third-order valence-electron chi connectivity index (χ3n) is 6.46. The van der Waals surface area contributed by atoms with Gasteiger partial charge in [-0.05, 0) is 49.2 Å². The van der Waals surface area contributed by atoms with E-state index in [0.29, 0.717) is 9.54 Å². The molecule has 0 bridgehead atoms. The molecule has 0 amide bonds. The van der Waals surface area contributed by atoms with Gasteiger partial charge in [-0.1, -0.05) is 35.9 Å². The van der Waals surface area contributed by atoms with Crippen LogP contribution in [-0.2, 0) is 35.7 Å². The minimum absolute atomic E-state index is 0.0115. The van der Waals surface area contributed by atoms with Crippen LogP contribution in [0.2, 0.25) is 0 Å². The maximum atomic E-state index is 13.7. The normalized spacial score (nSPS) is 14.6. The standard InChI is InChI=1S/C28H20FNO8S/c1-15-3-9-18(10-4-15)39(35,36)30-22(28(34)37-2)13-21-23-19(25(31)26(32)24(21)30)11-12-20(23)27(33)38-14-16-5-7-17(29)8-6-16/h3-10,12-13H,11,14H2,1-2H3. The van der Waals surface area contributed by atoms with Gasteiger partial charge in [0.15, 0.2) is 0 Å². The lowest BCUT2D eigenvalue weighted by Crippen LogP contribution is -2.30. The molecule has 1 aromatic heterocycles. The molecule has 2 aromatic carbocycles. The molecule has 0 radical (unpaired) electrons. The van der Waals surface area contributed by atoms with Gasteiger partial charge in [-0.2, -0.15) is 0 Å². The van der Waals surface area contributed by atoms with E-state index in [4.69, 9.17) is 9.47 Å². The zero-order valence-corrected chi connectivity index (χ0v) is 21.5. The molecule has 3 aromatic rings. The molecular weight excluding hydrogens is 529 g/mol. The number of esters is 2. The van der Waals surface area contributed by atoms with Crippen LogP contribution in [0, 0.1) is 12.7 Å². The lowest BCUT2D eigenvalue weighted by atomic mass is 9.87. The van der Waals surface area contributed by atoms with Gasteiger partial charge in [0.1, 0.15) is 23.8 Å². The Morgan fingerprint density at radius 1 is 0.974 bits per heavy atom. The van der Waals surface area contributed by atoms with Crippen LogP contribution in [-0.4, -0.2) is 43.0 Å². The Balaban J connectivity index is 1.62. The van der Waals surface area contributed by atoms with Crippen LogP contribution in [0.15, 0.2) is 76.7 Å². The molecular formula is C28H20FNO8S. The largest absolute Gasteiger partial charge is 0.464 e. The Kier molecular flexibility index (Phi) is 6.39.